The van der Waals surface area contributed by atoms with Crippen molar-refractivity contribution in [2.45, 2.75) is 25.7 Å². The molecule has 1 amide bonds. The first-order valence-corrected chi connectivity index (χ1v) is 7.81. The van der Waals surface area contributed by atoms with Gasteiger partial charge < -0.3 is 11.1 Å². The molecule has 0 aromatic heterocycles. The Hall–Kier alpha value is -1.94. The first-order valence-electron chi connectivity index (χ1n) is 6.83. The molecule has 0 aliphatic carbocycles. The van der Waals surface area contributed by atoms with Gasteiger partial charge in [-0.3, -0.25) is 4.79 Å². The molecule has 3 nitrogen and oxygen atoms in total. The monoisotopic (exact) mass is 300 g/mol. The fourth-order valence-corrected chi connectivity index (χ4v) is 2.87. The highest BCUT2D eigenvalue weighted by Gasteiger charge is 2.08. The number of benzene rings is 2. The van der Waals surface area contributed by atoms with Gasteiger partial charge >= 0.3 is 0 Å². The fraction of sp³-hybridized carbons (Fsp3) is 0.235. The molecule has 0 fully saturated rings. The lowest BCUT2D eigenvalue weighted by Crippen LogP contribution is -2.15. The third kappa shape index (κ3) is 3.79. The Morgan fingerprint density at radius 2 is 1.81 bits per heavy atom. The molecule has 0 spiro atoms. The van der Waals surface area contributed by atoms with Crippen molar-refractivity contribution in [1.82, 2.24) is 0 Å². The molecule has 0 aliphatic heterocycles. The Bertz CT molecular complexity index is 668. The summed E-state index contributed by atoms with van der Waals surface area (Å²) in [5, 5.41) is 2.96. The minimum Gasteiger partial charge on any atom is -0.398 e. The maximum absolute atomic E-state index is 12.1. The Labute approximate surface area is 129 Å². The summed E-state index contributed by atoms with van der Waals surface area (Å²) in [6, 6.07) is 11.7. The van der Waals surface area contributed by atoms with Gasteiger partial charge in [0.15, 0.2) is 0 Å². The Morgan fingerprint density at radius 3 is 2.57 bits per heavy atom. The van der Waals surface area contributed by atoms with Crippen LogP contribution in [0.1, 0.15) is 16.7 Å². The zero-order valence-electron chi connectivity index (χ0n) is 12.6. The van der Waals surface area contributed by atoms with Gasteiger partial charge in [-0.2, -0.15) is 0 Å². The molecule has 2 aromatic carbocycles. The standard InChI is InChI=1S/C17H20N2OS/c1-11-6-4-8-15(12(11)2)19-17(20)10-21-16-9-5-7-14(18)13(16)3/h4-9H,10,18H2,1-3H3,(H,19,20). The maximum atomic E-state index is 12.1. The van der Waals surface area contributed by atoms with E-state index < -0.39 is 0 Å². The third-order valence-electron chi connectivity index (χ3n) is 3.56. The molecule has 21 heavy (non-hydrogen) atoms. The molecule has 0 heterocycles. The smallest absolute Gasteiger partial charge is 0.234 e. The second kappa shape index (κ2) is 6.68. The van der Waals surface area contributed by atoms with Gasteiger partial charge in [-0.25, -0.2) is 0 Å². The first-order chi connectivity index (χ1) is 9.99. The van der Waals surface area contributed by atoms with Crippen LogP contribution in [0.4, 0.5) is 11.4 Å². The molecule has 2 aromatic rings. The van der Waals surface area contributed by atoms with Crippen molar-refractivity contribution in [3.8, 4) is 0 Å². The van der Waals surface area contributed by atoms with Crippen LogP contribution >= 0.6 is 11.8 Å². The van der Waals surface area contributed by atoms with Crippen molar-refractivity contribution in [2.75, 3.05) is 16.8 Å². The van der Waals surface area contributed by atoms with Crippen LogP contribution in [-0.2, 0) is 4.79 Å². The van der Waals surface area contributed by atoms with Crippen LogP contribution in [0.15, 0.2) is 41.3 Å². The zero-order chi connectivity index (χ0) is 15.4. The number of thioether (sulfide) groups is 1. The first kappa shape index (κ1) is 15.4. The Balaban J connectivity index is 1.99. The lowest BCUT2D eigenvalue weighted by Gasteiger charge is -2.11. The molecule has 3 N–H and O–H groups in total. The van der Waals surface area contributed by atoms with Crippen LogP contribution in [0.2, 0.25) is 0 Å². The number of aryl methyl sites for hydroxylation is 1. The van der Waals surface area contributed by atoms with Crippen molar-refractivity contribution in [1.29, 1.82) is 0 Å². The summed E-state index contributed by atoms with van der Waals surface area (Å²) in [7, 11) is 0. The molecule has 0 aliphatic rings. The van der Waals surface area contributed by atoms with Crippen LogP contribution in [0.25, 0.3) is 0 Å². The second-order valence-corrected chi connectivity index (χ2v) is 6.07. The van der Waals surface area contributed by atoms with Crippen molar-refractivity contribution in [2.24, 2.45) is 0 Å². The normalized spacial score (nSPS) is 10.4. The summed E-state index contributed by atoms with van der Waals surface area (Å²) in [6.45, 7) is 6.02. The summed E-state index contributed by atoms with van der Waals surface area (Å²) in [6.07, 6.45) is 0. The van der Waals surface area contributed by atoms with Crippen LogP contribution in [0.5, 0.6) is 0 Å². The van der Waals surface area contributed by atoms with Crippen molar-refractivity contribution >= 4 is 29.0 Å². The van der Waals surface area contributed by atoms with E-state index >= 15 is 0 Å². The summed E-state index contributed by atoms with van der Waals surface area (Å²) in [5.74, 6) is 0.369. The number of anilines is 2. The maximum Gasteiger partial charge on any atom is 0.234 e. The highest BCUT2D eigenvalue weighted by atomic mass is 32.2. The van der Waals surface area contributed by atoms with E-state index in [0.717, 1.165) is 27.4 Å². The van der Waals surface area contributed by atoms with E-state index in [-0.39, 0.29) is 5.91 Å². The summed E-state index contributed by atoms with van der Waals surface area (Å²) >= 11 is 1.51. The number of nitrogen functional groups attached to an aromatic ring is 1. The SMILES string of the molecule is Cc1cccc(NC(=O)CSc2cccc(N)c2C)c1C. The predicted molar refractivity (Wildman–Crippen MR) is 90.9 cm³/mol. The number of carbonyl (C=O) groups excluding carboxylic acids is 1. The predicted octanol–water partition coefficient (Wildman–Crippen LogP) is 3.92. The molecular weight excluding hydrogens is 280 g/mol. The fourth-order valence-electron chi connectivity index (χ4n) is 2.00. The van der Waals surface area contributed by atoms with E-state index in [0.29, 0.717) is 5.75 Å². The number of nitrogens with two attached hydrogens (primary N) is 1. The number of nitrogens with one attached hydrogen (secondary N) is 1. The van der Waals surface area contributed by atoms with E-state index in [1.165, 1.54) is 17.3 Å². The van der Waals surface area contributed by atoms with E-state index in [1.807, 2.05) is 57.2 Å². The number of amides is 1. The zero-order valence-corrected chi connectivity index (χ0v) is 13.4. The topological polar surface area (TPSA) is 55.1 Å². The van der Waals surface area contributed by atoms with E-state index in [1.54, 1.807) is 0 Å². The quantitative estimate of drug-likeness (QED) is 0.664. The van der Waals surface area contributed by atoms with Gasteiger partial charge in [0.05, 0.1) is 5.75 Å². The molecule has 0 saturated heterocycles. The van der Waals surface area contributed by atoms with Crippen LogP contribution in [0, 0.1) is 20.8 Å². The number of carbonyl (C=O) groups is 1. The van der Waals surface area contributed by atoms with E-state index in [4.69, 9.17) is 5.73 Å². The van der Waals surface area contributed by atoms with Gasteiger partial charge in [0.2, 0.25) is 5.91 Å². The van der Waals surface area contributed by atoms with Gasteiger partial charge in [-0.15, -0.1) is 11.8 Å². The molecule has 110 valence electrons. The molecular formula is C17H20N2OS. The van der Waals surface area contributed by atoms with Gasteiger partial charge in [0.25, 0.3) is 0 Å². The number of rotatable bonds is 4. The molecule has 0 radical (unpaired) electrons. The van der Waals surface area contributed by atoms with Gasteiger partial charge in [-0.05, 0) is 55.7 Å². The van der Waals surface area contributed by atoms with Crippen LogP contribution in [0.3, 0.4) is 0 Å². The van der Waals surface area contributed by atoms with Gasteiger partial charge in [0.1, 0.15) is 0 Å². The molecule has 4 heteroatoms. The molecule has 0 atom stereocenters. The average Bonchev–Trinajstić information content (AvgIpc) is 2.45. The second-order valence-electron chi connectivity index (χ2n) is 5.05. The highest BCUT2D eigenvalue weighted by Crippen LogP contribution is 2.26. The van der Waals surface area contributed by atoms with E-state index in [2.05, 4.69) is 5.32 Å². The van der Waals surface area contributed by atoms with Crippen molar-refractivity contribution < 1.29 is 4.79 Å². The minimum absolute atomic E-state index is 0.00414. The van der Waals surface area contributed by atoms with Crippen molar-refractivity contribution in [3.05, 3.63) is 53.1 Å². The van der Waals surface area contributed by atoms with Gasteiger partial charge in [-0.1, -0.05) is 18.2 Å². The number of hydrogen-bond donors (Lipinski definition) is 2. The highest BCUT2D eigenvalue weighted by molar-refractivity contribution is 8.00. The lowest BCUT2D eigenvalue weighted by atomic mass is 10.1. The Kier molecular flexibility index (Phi) is 4.91. The van der Waals surface area contributed by atoms with Gasteiger partial charge in [0, 0.05) is 16.3 Å². The lowest BCUT2D eigenvalue weighted by molar-refractivity contribution is -0.113. The summed E-state index contributed by atoms with van der Waals surface area (Å²) in [4.78, 5) is 13.1. The minimum atomic E-state index is -0.00414. The van der Waals surface area contributed by atoms with E-state index in [9.17, 15) is 4.79 Å². The van der Waals surface area contributed by atoms with Crippen LogP contribution < -0.4 is 11.1 Å². The summed E-state index contributed by atoms with van der Waals surface area (Å²) in [5.41, 5.74) is 10.8. The van der Waals surface area contributed by atoms with Crippen LogP contribution in [-0.4, -0.2) is 11.7 Å². The molecule has 0 bridgehead atoms. The molecule has 0 unspecified atom stereocenters. The number of hydrogen-bond acceptors (Lipinski definition) is 3. The average molecular weight is 300 g/mol. The third-order valence-corrected chi connectivity index (χ3v) is 4.72. The molecule has 0 saturated carbocycles. The Morgan fingerprint density at radius 1 is 1.10 bits per heavy atom. The molecule has 2 rings (SSSR count). The largest absolute Gasteiger partial charge is 0.398 e. The summed E-state index contributed by atoms with van der Waals surface area (Å²) < 4.78 is 0. The van der Waals surface area contributed by atoms with Crippen molar-refractivity contribution in [3.63, 3.8) is 0 Å².